The van der Waals surface area contributed by atoms with E-state index in [1.807, 2.05) is 29.7 Å². The van der Waals surface area contributed by atoms with E-state index in [0.29, 0.717) is 23.8 Å². The van der Waals surface area contributed by atoms with Gasteiger partial charge in [0, 0.05) is 31.1 Å². The van der Waals surface area contributed by atoms with Crippen molar-refractivity contribution in [2.45, 2.75) is 45.7 Å². The first-order valence-electron chi connectivity index (χ1n) is 9.31. The van der Waals surface area contributed by atoms with Crippen molar-refractivity contribution < 1.29 is 4.79 Å². The molecule has 1 fully saturated rings. The van der Waals surface area contributed by atoms with Crippen molar-refractivity contribution in [2.24, 2.45) is 0 Å². The Hall–Kier alpha value is -1.99. The van der Waals surface area contributed by atoms with Crippen LogP contribution in [-0.2, 0) is 11.3 Å². The number of nitrogens with zero attached hydrogens (tertiary/aromatic N) is 3. The molecule has 1 aromatic heterocycles. The Morgan fingerprint density at radius 3 is 3.08 bits per heavy atom. The lowest BCUT2D eigenvalue weighted by atomic mass is 10.1. The van der Waals surface area contributed by atoms with Crippen molar-refractivity contribution in [1.29, 1.82) is 0 Å². The first-order chi connectivity index (χ1) is 12.6. The van der Waals surface area contributed by atoms with Crippen molar-refractivity contribution in [3.63, 3.8) is 0 Å². The van der Waals surface area contributed by atoms with Crippen LogP contribution in [-0.4, -0.2) is 51.2 Å². The number of nitrogens with one attached hydrogen (secondary N) is 2. The van der Waals surface area contributed by atoms with Crippen LogP contribution in [0, 0.1) is 11.7 Å². The molecule has 0 saturated carbocycles. The zero-order valence-corrected chi connectivity index (χ0v) is 16.3. The Labute approximate surface area is 159 Å². The molecule has 1 saturated heterocycles. The van der Waals surface area contributed by atoms with E-state index in [-0.39, 0.29) is 5.91 Å². The van der Waals surface area contributed by atoms with E-state index in [1.54, 1.807) is 0 Å². The Morgan fingerprint density at radius 1 is 1.46 bits per heavy atom. The molecule has 140 valence electrons. The van der Waals surface area contributed by atoms with Crippen molar-refractivity contribution in [3.05, 3.63) is 34.6 Å². The summed E-state index contributed by atoms with van der Waals surface area (Å²) in [7, 11) is 0. The molecule has 1 unspecified atom stereocenters. The van der Waals surface area contributed by atoms with Gasteiger partial charge in [0.15, 0.2) is 10.6 Å². The Morgan fingerprint density at radius 2 is 2.31 bits per heavy atom. The van der Waals surface area contributed by atoms with Crippen molar-refractivity contribution in [2.75, 3.05) is 19.6 Å². The molecule has 26 heavy (non-hydrogen) atoms. The summed E-state index contributed by atoms with van der Waals surface area (Å²) < 4.78 is 2.44. The number of aromatic nitrogens is 3. The van der Waals surface area contributed by atoms with Crippen molar-refractivity contribution in [3.8, 4) is 11.4 Å². The lowest BCUT2D eigenvalue weighted by Crippen LogP contribution is -2.40. The zero-order valence-electron chi connectivity index (χ0n) is 15.5. The van der Waals surface area contributed by atoms with Crippen LogP contribution in [0.4, 0.5) is 0 Å². The molecule has 7 heteroatoms. The summed E-state index contributed by atoms with van der Waals surface area (Å²) in [5.74, 6) is 0.839. The van der Waals surface area contributed by atoms with E-state index >= 15 is 0 Å². The number of benzene rings is 1. The van der Waals surface area contributed by atoms with Crippen LogP contribution in [0.25, 0.3) is 11.4 Å². The van der Waals surface area contributed by atoms with Gasteiger partial charge in [-0.05, 0) is 51.1 Å². The van der Waals surface area contributed by atoms with E-state index < -0.39 is 0 Å². The van der Waals surface area contributed by atoms with Gasteiger partial charge in [-0.1, -0.05) is 30.7 Å². The molecule has 1 amide bonds. The van der Waals surface area contributed by atoms with Crippen LogP contribution >= 0.6 is 12.2 Å². The smallest absolute Gasteiger partial charge is 0.221 e. The van der Waals surface area contributed by atoms with E-state index in [0.717, 1.165) is 36.6 Å². The summed E-state index contributed by atoms with van der Waals surface area (Å²) in [5, 5.41) is 10.3. The summed E-state index contributed by atoms with van der Waals surface area (Å²) in [5.41, 5.74) is 2.17. The summed E-state index contributed by atoms with van der Waals surface area (Å²) >= 11 is 5.35. The molecule has 1 aliphatic heterocycles. The van der Waals surface area contributed by atoms with E-state index in [4.69, 9.17) is 12.2 Å². The topological polar surface area (TPSA) is 66.0 Å². The fraction of sp³-hybridized carbons (Fsp3) is 0.526. The van der Waals surface area contributed by atoms with Gasteiger partial charge >= 0.3 is 0 Å². The molecule has 1 aliphatic rings. The number of amides is 1. The molecular weight excluding hydrogens is 346 g/mol. The molecule has 2 aromatic rings. The van der Waals surface area contributed by atoms with Crippen molar-refractivity contribution >= 4 is 18.1 Å². The average Bonchev–Trinajstić information content (AvgIpc) is 3.24. The molecule has 2 N–H and O–H groups in total. The summed E-state index contributed by atoms with van der Waals surface area (Å²) in [4.78, 5) is 14.7. The van der Waals surface area contributed by atoms with Gasteiger partial charge in [-0.15, -0.1) is 0 Å². The first kappa shape index (κ1) is 18.8. The highest BCUT2D eigenvalue weighted by Gasteiger charge is 2.23. The Kier molecular flexibility index (Phi) is 6.21. The number of carbonyl (C=O) groups is 1. The number of aryl methyl sites for hydroxylation is 1. The Balaban J connectivity index is 1.59. The normalized spacial score (nSPS) is 17.5. The van der Waals surface area contributed by atoms with Crippen LogP contribution < -0.4 is 5.32 Å². The number of rotatable bonds is 7. The predicted octanol–water partition coefficient (Wildman–Crippen LogP) is 2.91. The number of H-pyrrole nitrogens is 1. The standard InChI is InChI=1S/C19H27N5OS/c1-3-23-10-5-8-16(23)13-20-17(25)9-11-24-18(21-22-19(24)26)15-7-4-6-14(2)12-15/h4,6-7,12,16H,3,5,8-11,13H2,1-2H3,(H,20,25)(H,22,26). The zero-order chi connectivity index (χ0) is 18.5. The SMILES string of the molecule is CCN1CCCC1CNC(=O)CCn1c(-c2cccc(C)c2)n[nH]c1=S. The number of hydrogen-bond acceptors (Lipinski definition) is 4. The van der Waals surface area contributed by atoms with E-state index in [1.165, 1.54) is 12.8 Å². The van der Waals surface area contributed by atoms with E-state index in [2.05, 4.69) is 33.4 Å². The maximum Gasteiger partial charge on any atom is 0.221 e. The highest BCUT2D eigenvalue weighted by atomic mass is 32.1. The fourth-order valence-corrected chi connectivity index (χ4v) is 3.83. The molecule has 0 bridgehead atoms. The molecule has 0 spiro atoms. The van der Waals surface area contributed by atoms with Gasteiger partial charge in [0.25, 0.3) is 0 Å². The molecule has 1 aromatic carbocycles. The van der Waals surface area contributed by atoms with Crippen LogP contribution in [0.5, 0.6) is 0 Å². The van der Waals surface area contributed by atoms with E-state index in [9.17, 15) is 4.79 Å². The van der Waals surface area contributed by atoms with Gasteiger partial charge in [0.1, 0.15) is 0 Å². The van der Waals surface area contributed by atoms with Crippen LogP contribution in [0.2, 0.25) is 0 Å². The van der Waals surface area contributed by atoms with Crippen LogP contribution in [0.3, 0.4) is 0 Å². The van der Waals surface area contributed by atoms with Gasteiger partial charge in [-0.3, -0.25) is 19.4 Å². The third-order valence-electron chi connectivity index (χ3n) is 5.04. The largest absolute Gasteiger partial charge is 0.354 e. The molecule has 0 radical (unpaired) electrons. The Bertz CT molecular complexity index is 812. The number of carbonyl (C=O) groups excluding carboxylic acids is 1. The summed E-state index contributed by atoms with van der Waals surface area (Å²) in [6, 6.07) is 8.60. The van der Waals surface area contributed by atoms with Gasteiger partial charge in [0.2, 0.25) is 5.91 Å². The van der Waals surface area contributed by atoms with Gasteiger partial charge in [-0.25, -0.2) is 0 Å². The number of likely N-dealkylation sites (N-methyl/N-ethyl adjacent to an activating group) is 1. The predicted molar refractivity (Wildman–Crippen MR) is 105 cm³/mol. The second-order valence-electron chi connectivity index (χ2n) is 6.85. The molecule has 1 atom stereocenters. The maximum absolute atomic E-state index is 12.3. The maximum atomic E-state index is 12.3. The minimum Gasteiger partial charge on any atom is -0.354 e. The molecule has 3 rings (SSSR count). The van der Waals surface area contributed by atoms with Crippen LogP contribution in [0.1, 0.15) is 31.7 Å². The quantitative estimate of drug-likeness (QED) is 0.733. The minimum absolute atomic E-state index is 0.0613. The number of aromatic amines is 1. The molecule has 0 aliphatic carbocycles. The molecule has 6 nitrogen and oxygen atoms in total. The van der Waals surface area contributed by atoms with Gasteiger partial charge in [-0.2, -0.15) is 5.10 Å². The molecular formula is C19H27N5OS. The van der Waals surface area contributed by atoms with Gasteiger partial charge < -0.3 is 5.32 Å². The third-order valence-corrected chi connectivity index (χ3v) is 5.35. The summed E-state index contributed by atoms with van der Waals surface area (Å²) in [6.45, 7) is 7.66. The summed E-state index contributed by atoms with van der Waals surface area (Å²) in [6.07, 6.45) is 2.78. The lowest BCUT2D eigenvalue weighted by molar-refractivity contribution is -0.121. The fourth-order valence-electron chi connectivity index (χ4n) is 3.61. The lowest BCUT2D eigenvalue weighted by Gasteiger charge is -2.22. The monoisotopic (exact) mass is 373 g/mol. The number of hydrogen-bond donors (Lipinski definition) is 2. The second kappa shape index (κ2) is 8.60. The van der Waals surface area contributed by atoms with Crippen LogP contribution in [0.15, 0.2) is 24.3 Å². The molecule has 2 heterocycles. The number of likely N-dealkylation sites (tertiary alicyclic amines) is 1. The van der Waals surface area contributed by atoms with Crippen molar-refractivity contribution in [1.82, 2.24) is 25.0 Å². The average molecular weight is 374 g/mol. The van der Waals surface area contributed by atoms with Gasteiger partial charge in [0.05, 0.1) is 0 Å². The highest BCUT2D eigenvalue weighted by Crippen LogP contribution is 2.19. The second-order valence-corrected chi connectivity index (χ2v) is 7.24. The first-order valence-corrected chi connectivity index (χ1v) is 9.72. The minimum atomic E-state index is 0.0613. The third kappa shape index (κ3) is 4.40. The highest BCUT2D eigenvalue weighted by molar-refractivity contribution is 7.71.